The molecule has 0 unspecified atom stereocenters. The monoisotopic (exact) mass is 797 g/mol. The van der Waals surface area contributed by atoms with Gasteiger partial charge in [-0.2, -0.15) is 0 Å². The van der Waals surface area contributed by atoms with Gasteiger partial charge in [-0.05, 0) is 74.8 Å². The molecule has 4 heterocycles. The molecule has 2 saturated heterocycles. The Hall–Kier alpha value is -4.34. The first-order valence-electron chi connectivity index (χ1n) is 20.2. The number of aryl methyl sites for hydroxylation is 1. The van der Waals surface area contributed by atoms with Crippen molar-refractivity contribution in [2.45, 2.75) is 132 Å². The number of rotatable bonds is 5. The van der Waals surface area contributed by atoms with E-state index in [1.165, 1.54) is 12.0 Å². The van der Waals surface area contributed by atoms with Crippen molar-refractivity contribution in [2.24, 2.45) is 11.8 Å². The number of aromatic nitrogens is 1. The Bertz CT molecular complexity index is 1940. The van der Waals surface area contributed by atoms with Gasteiger partial charge in [0.15, 0.2) is 0 Å². The summed E-state index contributed by atoms with van der Waals surface area (Å²) < 4.78 is 51.7. The maximum absolute atomic E-state index is 14.6. The molecule has 5 bridgehead atoms. The van der Waals surface area contributed by atoms with Crippen LogP contribution in [0.5, 0.6) is 17.4 Å². The number of hydrogen-bond donors (Lipinski definition) is 3. The number of amides is 4. The van der Waals surface area contributed by atoms with Crippen molar-refractivity contribution in [1.82, 2.24) is 25.2 Å². The zero-order chi connectivity index (χ0) is 39.6. The van der Waals surface area contributed by atoms with Crippen LogP contribution in [-0.2, 0) is 35.6 Å². The van der Waals surface area contributed by atoms with Crippen molar-refractivity contribution in [2.75, 3.05) is 27.4 Å². The number of alkyl carbamates (subject to hydrolysis) is 1. The Morgan fingerprint density at radius 3 is 2.46 bits per heavy atom. The second-order valence-corrected chi connectivity index (χ2v) is 18.3. The predicted molar refractivity (Wildman–Crippen MR) is 206 cm³/mol. The highest BCUT2D eigenvalue weighted by Crippen LogP contribution is 2.48. The number of benzene rings is 1. The fourth-order valence-corrected chi connectivity index (χ4v) is 9.92. The molecule has 2 aliphatic carbocycles. The van der Waals surface area contributed by atoms with Gasteiger partial charge in [0.25, 0.3) is 5.91 Å². The summed E-state index contributed by atoms with van der Waals surface area (Å²) in [6.07, 6.45) is 8.36. The second-order valence-electron chi connectivity index (χ2n) is 16.4. The first kappa shape index (κ1) is 39.9. The van der Waals surface area contributed by atoms with E-state index < -0.39 is 62.8 Å². The number of methoxy groups -OCH3 is 2. The molecule has 4 amide bonds. The number of cyclic esters (lactones) is 1. The lowest BCUT2D eigenvalue weighted by molar-refractivity contribution is -0.141. The highest BCUT2D eigenvalue weighted by Gasteiger charge is 2.62. The molecule has 7 rings (SSSR count). The van der Waals surface area contributed by atoms with Crippen molar-refractivity contribution < 1.29 is 46.5 Å². The lowest BCUT2D eigenvalue weighted by atomic mass is 9.99. The van der Waals surface area contributed by atoms with Gasteiger partial charge in [0.2, 0.25) is 27.7 Å². The molecular formula is C40H55N5O10S. The van der Waals surface area contributed by atoms with Gasteiger partial charge < -0.3 is 34.5 Å². The Morgan fingerprint density at radius 2 is 1.71 bits per heavy atom. The fraction of sp³-hybridized carbons (Fsp3) is 0.675. The van der Waals surface area contributed by atoms with Gasteiger partial charge in [-0.15, -0.1) is 0 Å². The Balaban J connectivity index is 1.25. The summed E-state index contributed by atoms with van der Waals surface area (Å²) in [4.78, 5) is 62.2. The lowest BCUT2D eigenvalue weighted by Crippen LogP contribution is -2.58. The lowest BCUT2D eigenvalue weighted by Gasteiger charge is -2.30. The molecule has 16 heteroatoms. The number of nitrogens with one attached hydrogen (secondary N) is 3. The van der Waals surface area contributed by atoms with Crippen molar-refractivity contribution >= 4 is 44.7 Å². The molecule has 6 atom stereocenters. The van der Waals surface area contributed by atoms with Crippen LogP contribution in [0.15, 0.2) is 18.2 Å². The normalized spacial score (nSPS) is 29.5. The van der Waals surface area contributed by atoms with Gasteiger partial charge in [-0.1, -0.05) is 45.4 Å². The van der Waals surface area contributed by atoms with E-state index >= 15 is 0 Å². The molecule has 306 valence electrons. The summed E-state index contributed by atoms with van der Waals surface area (Å²) in [6, 6.07) is 3.50. The third-order valence-corrected chi connectivity index (χ3v) is 13.9. The number of ether oxygens (including phenoxy) is 4. The largest absolute Gasteiger partial charge is 0.496 e. The average Bonchev–Trinajstić information content (AvgIpc) is 4.10. The smallest absolute Gasteiger partial charge is 0.407 e. The molecule has 0 radical (unpaired) electrons. The number of hydrogen-bond acceptors (Lipinski definition) is 11. The molecule has 4 fully saturated rings. The van der Waals surface area contributed by atoms with Gasteiger partial charge in [-0.3, -0.25) is 19.1 Å². The minimum atomic E-state index is -3.87. The molecule has 2 aromatic rings. The third-order valence-electron chi connectivity index (χ3n) is 12.1. The third kappa shape index (κ3) is 8.79. The Morgan fingerprint density at radius 1 is 0.964 bits per heavy atom. The van der Waals surface area contributed by atoms with Crippen LogP contribution >= 0.6 is 0 Å². The minimum Gasteiger partial charge on any atom is -0.496 e. The first-order chi connectivity index (χ1) is 26.9. The van der Waals surface area contributed by atoms with E-state index in [9.17, 15) is 27.6 Å². The van der Waals surface area contributed by atoms with Crippen LogP contribution in [0.4, 0.5) is 4.79 Å². The van der Waals surface area contributed by atoms with Gasteiger partial charge in [-0.25, -0.2) is 18.2 Å². The van der Waals surface area contributed by atoms with Crippen LogP contribution in [0, 0.1) is 11.8 Å². The number of carbonyl (C=O) groups is 4. The van der Waals surface area contributed by atoms with Crippen molar-refractivity contribution in [3.63, 3.8) is 0 Å². The minimum absolute atomic E-state index is 0.00894. The molecule has 15 nitrogen and oxygen atoms in total. The number of sulfonamides is 1. The van der Waals surface area contributed by atoms with E-state index in [2.05, 4.69) is 20.3 Å². The van der Waals surface area contributed by atoms with Crippen LogP contribution in [0.1, 0.15) is 102 Å². The van der Waals surface area contributed by atoms with Gasteiger partial charge >= 0.3 is 6.09 Å². The molecular weight excluding hydrogens is 743 g/mol. The summed E-state index contributed by atoms with van der Waals surface area (Å²) in [6.45, 7) is 2.22. The molecule has 56 heavy (non-hydrogen) atoms. The van der Waals surface area contributed by atoms with Crippen molar-refractivity contribution in [3.05, 3.63) is 23.8 Å². The summed E-state index contributed by atoms with van der Waals surface area (Å²) in [5.74, 6) is -0.473. The Kier molecular flexibility index (Phi) is 11.8. The molecule has 3 aliphatic heterocycles. The van der Waals surface area contributed by atoms with Crippen molar-refractivity contribution in [3.8, 4) is 17.4 Å². The van der Waals surface area contributed by atoms with Crippen molar-refractivity contribution in [1.29, 1.82) is 0 Å². The maximum Gasteiger partial charge on any atom is 0.407 e. The SMILES string of the molecule is COc1cc2c3cc(c(OC)cc3n1)CCCC[C@H](C)COC(=O)N[C@H]1CCCCCCC[C@H]3C[C@@]3(C(=O)NS(=O)(=O)C3CC3)NC(=O)[C@@H]3C[C@H](CN3C1=O)O2. The average molecular weight is 798 g/mol. The standard InChI is InChI=1S/C40H55N5O10S/c1-24-11-9-10-12-25-17-29-31(19-33(25)52-2)41-35(53-3)20-34(29)55-27-18-32-36(46)43-40(38(48)44-56(50,51)28-15-16-28)21-26(40)13-7-5-4-6-8-14-30(37(47)45(32)22-27)42-39(49)54-23-24/h17,19-20,24,26-28,30,32H,4-16,18,21-23H2,1-3H3,(H,42,49)(H,43,46)(H,44,48)/t24-,26-,27+,30-,32-,40+/m0/s1. The van der Waals surface area contributed by atoms with Gasteiger partial charge in [0, 0.05) is 23.9 Å². The van der Waals surface area contributed by atoms with Crippen LogP contribution in [0.25, 0.3) is 10.9 Å². The predicted octanol–water partition coefficient (Wildman–Crippen LogP) is 4.29. The second kappa shape index (κ2) is 16.6. The van der Waals surface area contributed by atoms with Crippen LogP contribution in [0.2, 0.25) is 0 Å². The zero-order valence-corrected chi connectivity index (χ0v) is 33.4. The van der Waals surface area contributed by atoms with E-state index in [0.717, 1.165) is 62.3 Å². The summed E-state index contributed by atoms with van der Waals surface area (Å²) in [5, 5.41) is 5.88. The number of fused-ring (bicyclic) bond motifs is 4. The van der Waals surface area contributed by atoms with Crippen LogP contribution < -0.4 is 29.6 Å². The number of carbonyl (C=O) groups excluding carboxylic acids is 4. The molecule has 5 aliphatic rings. The zero-order valence-electron chi connectivity index (χ0n) is 32.6. The maximum atomic E-state index is 14.6. The molecule has 1 aromatic carbocycles. The number of nitrogens with zero attached hydrogens (tertiary/aromatic N) is 2. The summed E-state index contributed by atoms with van der Waals surface area (Å²) >= 11 is 0. The van der Waals surface area contributed by atoms with Gasteiger partial charge in [0.05, 0.1) is 38.1 Å². The molecule has 1 aromatic heterocycles. The fourth-order valence-electron chi connectivity index (χ4n) is 8.56. The highest BCUT2D eigenvalue weighted by atomic mass is 32.2. The summed E-state index contributed by atoms with van der Waals surface area (Å²) in [5.41, 5.74) is 0.149. The van der Waals surface area contributed by atoms with E-state index in [-0.39, 0.29) is 31.4 Å². The molecule has 2 saturated carbocycles. The molecule has 0 spiro atoms. The highest BCUT2D eigenvalue weighted by molar-refractivity contribution is 7.91. The van der Waals surface area contributed by atoms with E-state index in [1.54, 1.807) is 13.2 Å². The topological polar surface area (TPSA) is 192 Å². The number of pyridine rings is 1. The Labute approximate surface area is 328 Å². The quantitative estimate of drug-likeness (QED) is 0.391. The van der Waals surface area contributed by atoms with Crippen LogP contribution in [0.3, 0.4) is 0 Å². The van der Waals surface area contributed by atoms with E-state index in [4.69, 9.17) is 18.9 Å². The summed E-state index contributed by atoms with van der Waals surface area (Å²) in [7, 11) is -0.742. The first-order valence-corrected chi connectivity index (χ1v) is 21.8. The van der Waals surface area contributed by atoms with E-state index in [1.807, 2.05) is 19.1 Å². The van der Waals surface area contributed by atoms with Gasteiger partial charge in [0.1, 0.15) is 35.2 Å². The molecule has 3 N–H and O–H groups in total. The van der Waals surface area contributed by atoms with Crippen LogP contribution in [-0.4, -0.2) is 98.5 Å². The van der Waals surface area contributed by atoms with E-state index in [0.29, 0.717) is 61.4 Å².